The first kappa shape index (κ1) is 13.8. The molecule has 1 aliphatic heterocycles. The van der Waals surface area contributed by atoms with Crippen molar-refractivity contribution in [2.75, 3.05) is 13.2 Å². The van der Waals surface area contributed by atoms with E-state index >= 15 is 0 Å². The molecular formula is C11H20N2O4. The molecule has 6 heteroatoms. The first-order valence-electron chi connectivity index (χ1n) is 5.87. The molecule has 1 fully saturated rings. The van der Waals surface area contributed by atoms with E-state index in [0.29, 0.717) is 13.2 Å². The van der Waals surface area contributed by atoms with Crippen molar-refractivity contribution in [1.82, 2.24) is 10.2 Å². The van der Waals surface area contributed by atoms with Gasteiger partial charge in [-0.15, -0.1) is 0 Å². The van der Waals surface area contributed by atoms with Gasteiger partial charge in [-0.1, -0.05) is 6.92 Å². The summed E-state index contributed by atoms with van der Waals surface area (Å²) in [6, 6.07) is -1.19. The smallest absolute Gasteiger partial charge is 0.325 e. The average molecular weight is 244 g/mol. The van der Waals surface area contributed by atoms with Gasteiger partial charge in [0.2, 0.25) is 0 Å². The van der Waals surface area contributed by atoms with Crippen molar-refractivity contribution in [2.45, 2.75) is 45.4 Å². The van der Waals surface area contributed by atoms with Gasteiger partial charge in [-0.3, -0.25) is 4.79 Å². The fourth-order valence-electron chi connectivity index (χ4n) is 1.76. The van der Waals surface area contributed by atoms with Crippen LogP contribution in [0.15, 0.2) is 0 Å². The Morgan fingerprint density at radius 2 is 2.24 bits per heavy atom. The number of hydrogen-bond donors (Lipinski definition) is 2. The molecule has 1 aliphatic rings. The van der Waals surface area contributed by atoms with Crippen molar-refractivity contribution in [3.05, 3.63) is 0 Å². The molecule has 0 saturated carbocycles. The number of amides is 2. The van der Waals surface area contributed by atoms with Gasteiger partial charge in [-0.2, -0.15) is 0 Å². The van der Waals surface area contributed by atoms with Crippen LogP contribution in [0.5, 0.6) is 0 Å². The van der Waals surface area contributed by atoms with E-state index in [9.17, 15) is 9.59 Å². The van der Waals surface area contributed by atoms with Crippen LogP contribution >= 0.6 is 0 Å². The molecule has 1 heterocycles. The average Bonchev–Trinajstić information content (AvgIpc) is 2.28. The number of nitrogens with one attached hydrogen (secondary N) is 1. The maximum absolute atomic E-state index is 11.9. The van der Waals surface area contributed by atoms with Gasteiger partial charge in [0.25, 0.3) is 0 Å². The number of morpholine rings is 1. The van der Waals surface area contributed by atoms with Crippen molar-refractivity contribution >= 4 is 12.0 Å². The lowest BCUT2D eigenvalue weighted by molar-refractivity contribution is -0.138. The number of carboxylic acids is 1. The van der Waals surface area contributed by atoms with Gasteiger partial charge in [-0.05, 0) is 20.3 Å². The number of urea groups is 1. The van der Waals surface area contributed by atoms with E-state index in [0.717, 1.165) is 6.42 Å². The molecule has 1 rings (SSSR count). The van der Waals surface area contributed by atoms with E-state index in [-0.39, 0.29) is 18.2 Å². The summed E-state index contributed by atoms with van der Waals surface area (Å²) < 4.78 is 5.48. The third-order valence-electron chi connectivity index (χ3n) is 2.91. The number of nitrogens with zero attached hydrogens (tertiary/aromatic N) is 1. The summed E-state index contributed by atoms with van der Waals surface area (Å²) in [5.41, 5.74) is 0. The van der Waals surface area contributed by atoms with Gasteiger partial charge in [0.15, 0.2) is 0 Å². The molecule has 3 unspecified atom stereocenters. The van der Waals surface area contributed by atoms with Gasteiger partial charge in [0, 0.05) is 6.54 Å². The highest BCUT2D eigenvalue weighted by atomic mass is 16.5. The number of carbonyl (C=O) groups excluding carboxylic acids is 1. The van der Waals surface area contributed by atoms with Crippen molar-refractivity contribution in [2.24, 2.45) is 0 Å². The summed E-state index contributed by atoms with van der Waals surface area (Å²) in [7, 11) is 0. The monoisotopic (exact) mass is 244 g/mol. The molecule has 0 aromatic carbocycles. The standard InChI is InChI=1S/C11H20N2O4/c1-4-9-6-17-7(2)5-13(9)11(16)12-8(3)10(14)15/h7-9H,4-6H2,1-3H3,(H,12,16)(H,14,15). The van der Waals surface area contributed by atoms with Crippen molar-refractivity contribution in [3.63, 3.8) is 0 Å². The molecule has 3 atom stereocenters. The summed E-state index contributed by atoms with van der Waals surface area (Å²) >= 11 is 0. The van der Waals surface area contributed by atoms with Gasteiger partial charge in [0.05, 0.1) is 18.8 Å². The molecular weight excluding hydrogens is 224 g/mol. The number of ether oxygens (including phenoxy) is 1. The van der Waals surface area contributed by atoms with Gasteiger partial charge >= 0.3 is 12.0 Å². The summed E-state index contributed by atoms with van der Waals surface area (Å²) in [6.07, 6.45) is 0.783. The zero-order chi connectivity index (χ0) is 13.0. The van der Waals surface area contributed by atoms with Crippen LogP contribution in [-0.2, 0) is 9.53 Å². The maximum atomic E-state index is 11.9. The van der Waals surface area contributed by atoms with E-state index in [1.807, 2.05) is 13.8 Å². The molecule has 0 bridgehead atoms. The molecule has 2 amide bonds. The Hall–Kier alpha value is -1.30. The highest BCUT2D eigenvalue weighted by molar-refractivity contribution is 5.82. The minimum Gasteiger partial charge on any atom is -0.480 e. The van der Waals surface area contributed by atoms with Crippen molar-refractivity contribution < 1.29 is 19.4 Å². The second kappa shape index (κ2) is 5.86. The zero-order valence-electron chi connectivity index (χ0n) is 10.5. The fourth-order valence-corrected chi connectivity index (χ4v) is 1.76. The van der Waals surface area contributed by atoms with Crippen LogP contribution in [0.3, 0.4) is 0 Å². The summed E-state index contributed by atoms with van der Waals surface area (Å²) in [5.74, 6) is -1.03. The van der Waals surface area contributed by atoms with E-state index in [1.54, 1.807) is 4.90 Å². The van der Waals surface area contributed by atoms with Crippen LogP contribution in [0.2, 0.25) is 0 Å². The number of hydrogen-bond acceptors (Lipinski definition) is 3. The van der Waals surface area contributed by atoms with Gasteiger partial charge < -0.3 is 20.1 Å². The Kier molecular flexibility index (Phi) is 4.74. The van der Waals surface area contributed by atoms with E-state index in [1.165, 1.54) is 6.92 Å². The Morgan fingerprint density at radius 1 is 1.59 bits per heavy atom. The zero-order valence-corrected chi connectivity index (χ0v) is 10.5. The van der Waals surface area contributed by atoms with Crippen LogP contribution in [0.25, 0.3) is 0 Å². The van der Waals surface area contributed by atoms with Crippen molar-refractivity contribution in [3.8, 4) is 0 Å². The third-order valence-corrected chi connectivity index (χ3v) is 2.91. The van der Waals surface area contributed by atoms with Crippen LogP contribution < -0.4 is 5.32 Å². The first-order valence-corrected chi connectivity index (χ1v) is 5.87. The number of carboxylic acid groups (broad SMARTS) is 1. The second-order valence-electron chi connectivity index (χ2n) is 4.37. The first-order chi connectivity index (χ1) is 7.95. The largest absolute Gasteiger partial charge is 0.480 e. The molecule has 17 heavy (non-hydrogen) atoms. The Balaban J connectivity index is 2.61. The lowest BCUT2D eigenvalue weighted by Gasteiger charge is -2.38. The quantitative estimate of drug-likeness (QED) is 0.764. The van der Waals surface area contributed by atoms with Crippen LogP contribution in [0.1, 0.15) is 27.2 Å². The molecule has 0 aliphatic carbocycles. The molecule has 0 spiro atoms. The van der Waals surface area contributed by atoms with Crippen molar-refractivity contribution in [1.29, 1.82) is 0 Å². The molecule has 98 valence electrons. The lowest BCUT2D eigenvalue weighted by Crippen LogP contribution is -2.56. The number of aliphatic carboxylic acids is 1. The minimum atomic E-state index is -1.03. The molecule has 0 radical (unpaired) electrons. The Labute approximate surface area is 101 Å². The normalized spacial score (nSPS) is 26.4. The molecule has 1 saturated heterocycles. The van der Waals surface area contributed by atoms with Gasteiger partial charge in [0.1, 0.15) is 6.04 Å². The summed E-state index contributed by atoms with van der Waals surface area (Å²) in [4.78, 5) is 24.3. The fraction of sp³-hybridized carbons (Fsp3) is 0.818. The van der Waals surface area contributed by atoms with E-state index in [2.05, 4.69) is 5.32 Å². The highest BCUT2D eigenvalue weighted by Gasteiger charge is 2.30. The van der Waals surface area contributed by atoms with E-state index in [4.69, 9.17) is 9.84 Å². The lowest BCUT2D eigenvalue weighted by atomic mass is 10.1. The summed E-state index contributed by atoms with van der Waals surface area (Å²) in [5, 5.41) is 11.2. The predicted molar refractivity (Wildman–Crippen MR) is 61.8 cm³/mol. The third kappa shape index (κ3) is 3.59. The molecule has 6 nitrogen and oxygen atoms in total. The molecule has 2 N–H and O–H groups in total. The SMILES string of the molecule is CCC1COC(C)CN1C(=O)NC(C)C(=O)O. The van der Waals surface area contributed by atoms with Gasteiger partial charge in [-0.25, -0.2) is 4.79 Å². The Bertz CT molecular complexity index is 295. The summed E-state index contributed by atoms with van der Waals surface area (Å²) in [6.45, 7) is 6.33. The highest BCUT2D eigenvalue weighted by Crippen LogP contribution is 2.14. The second-order valence-corrected chi connectivity index (χ2v) is 4.37. The van der Waals surface area contributed by atoms with Crippen LogP contribution in [0.4, 0.5) is 4.79 Å². The van der Waals surface area contributed by atoms with Crippen LogP contribution in [-0.4, -0.2) is 53.3 Å². The van der Waals surface area contributed by atoms with E-state index < -0.39 is 12.0 Å². The minimum absolute atomic E-state index is 0.0105. The molecule has 0 aromatic heterocycles. The number of rotatable bonds is 3. The Morgan fingerprint density at radius 3 is 2.76 bits per heavy atom. The van der Waals surface area contributed by atoms with Crippen LogP contribution in [0, 0.1) is 0 Å². The number of carbonyl (C=O) groups is 2. The maximum Gasteiger partial charge on any atom is 0.325 e. The topological polar surface area (TPSA) is 78.9 Å². The molecule has 0 aromatic rings. The predicted octanol–water partition coefficient (Wildman–Crippen LogP) is 0.668.